The number of morpholine rings is 1. The first-order valence-electron chi connectivity index (χ1n) is 11.0. The van der Waals surface area contributed by atoms with Crippen LogP contribution in [-0.2, 0) is 9.47 Å². The van der Waals surface area contributed by atoms with E-state index in [9.17, 15) is 10.2 Å². The number of aliphatic hydroxyl groups excluding tert-OH is 1. The Morgan fingerprint density at radius 1 is 1.04 bits per heavy atom. The summed E-state index contributed by atoms with van der Waals surface area (Å²) in [5.74, 6) is 6.18. The Morgan fingerprint density at radius 3 is 2.25 bits per heavy atom. The topological polar surface area (TPSA) is 65.4 Å². The number of piperidine rings is 1. The van der Waals surface area contributed by atoms with E-state index >= 15 is 0 Å². The van der Waals surface area contributed by atoms with Crippen LogP contribution in [0.4, 0.5) is 0 Å². The van der Waals surface area contributed by atoms with E-state index in [1.165, 1.54) is 0 Å². The van der Waals surface area contributed by atoms with E-state index in [-0.39, 0.29) is 11.7 Å². The Balaban J connectivity index is 0.000000921. The third-order valence-corrected chi connectivity index (χ3v) is 5.49. The second-order valence-electron chi connectivity index (χ2n) is 7.59. The molecule has 2 heterocycles. The Morgan fingerprint density at radius 2 is 1.68 bits per heavy atom. The third kappa shape index (κ3) is 7.62. The summed E-state index contributed by atoms with van der Waals surface area (Å²) < 4.78 is 11.1. The number of rotatable bonds is 4. The zero-order valence-electron chi connectivity index (χ0n) is 18.7. The zero-order valence-corrected chi connectivity index (χ0v) is 18.7. The van der Waals surface area contributed by atoms with Crippen LogP contribution in [0.1, 0.15) is 53.4 Å². The van der Waals surface area contributed by atoms with Gasteiger partial charge in [-0.05, 0) is 12.8 Å². The van der Waals surface area contributed by atoms with Gasteiger partial charge in [-0.2, -0.15) is 0 Å². The molecule has 164 valence electrons. The Labute approximate surface area is 172 Å². The standard InChI is InChI=1S/C18H30N2O4.2C2H6/c1-23-10-3-2-6-19-9-11-24-18(15-19)4-7-20(8-5-18)14-17(22)12-16(21)13-17;2*1-2/h16,21-22H,4-15H2,1H3;2*1-2H3. The molecule has 3 fully saturated rings. The summed E-state index contributed by atoms with van der Waals surface area (Å²) >= 11 is 0. The molecule has 3 rings (SSSR count). The van der Waals surface area contributed by atoms with Crippen LogP contribution >= 0.6 is 0 Å². The van der Waals surface area contributed by atoms with Gasteiger partial charge in [-0.25, -0.2) is 0 Å². The van der Waals surface area contributed by atoms with Gasteiger partial charge >= 0.3 is 0 Å². The number of hydrogen-bond acceptors (Lipinski definition) is 6. The lowest BCUT2D eigenvalue weighted by Gasteiger charge is -2.49. The van der Waals surface area contributed by atoms with Crippen molar-refractivity contribution in [1.29, 1.82) is 0 Å². The van der Waals surface area contributed by atoms with Gasteiger partial charge < -0.3 is 24.6 Å². The number of ether oxygens (including phenoxy) is 2. The van der Waals surface area contributed by atoms with Crippen LogP contribution in [0, 0.1) is 11.8 Å². The van der Waals surface area contributed by atoms with Crippen molar-refractivity contribution >= 4 is 0 Å². The fraction of sp³-hybridized carbons (Fsp3) is 0.909. The van der Waals surface area contributed by atoms with Gasteiger partial charge in [-0.3, -0.25) is 4.90 Å². The number of aliphatic hydroxyl groups is 2. The van der Waals surface area contributed by atoms with Crippen molar-refractivity contribution < 1.29 is 19.7 Å². The van der Waals surface area contributed by atoms with Crippen molar-refractivity contribution in [2.45, 2.75) is 70.7 Å². The van der Waals surface area contributed by atoms with E-state index in [1.807, 2.05) is 27.7 Å². The number of hydrogen-bond donors (Lipinski definition) is 2. The van der Waals surface area contributed by atoms with Gasteiger partial charge in [0.25, 0.3) is 0 Å². The molecular weight excluding hydrogens is 356 g/mol. The molecule has 28 heavy (non-hydrogen) atoms. The summed E-state index contributed by atoms with van der Waals surface area (Å²) in [5.41, 5.74) is -0.736. The van der Waals surface area contributed by atoms with Gasteiger partial charge in [-0.1, -0.05) is 39.5 Å². The minimum Gasteiger partial charge on any atom is -0.393 e. The van der Waals surface area contributed by atoms with Crippen LogP contribution in [0.5, 0.6) is 0 Å². The summed E-state index contributed by atoms with van der Waals surface area (Å²) in [5, 5.41) is 19.8. The average molecular weight is 399 g/mol. The third-order valence-electron chi connectivity index (χ3n) is 5.49. The fourth-order valence-electron chi connectivity index (χ4n) is 4.13. The van der Waals surface area contributed by atoms with E-state index in [1.54, 1.807) is 7.11 Å². The first-order chi connectivity index (χ1) is 13.5. The van der Waals surface area contributed by atoms with E-state index in [2.05, 4.69) is 21.6 Å². The van der Waals surface area contributed by atoms with Crippen LogP contribution < -0.4 is 0 Å². The van der Waals surface area contributed by atoms with E-state index in [0.29, 0.717) is 26.0 Å². The SMILES string of the molecule is CC.CC.COCC#CCN1CCOC2(CCN(CC3(O)CC(O)C3)CC2)C1. The second kappa shape index (κ2) is 12.8. The largest absolute Gasteiger partial charge is 0.393 e. The lowest BCUT2D eigenvalue weighted by Crippen LogP contribution is -2.60. The normalized spacial score (nSPS) is 29.3. The molecule has 6 heteroatoms. The maximum Gasteiger partial charge on any atom is 0.107 e. The molecule has 0 unspecified atom stereocenters. The highest BCUT2D eigenvalue weighted by molar-refractivity contribution is 5.04. The molecule has 3 aliphatic rings. The van der Waals surface area contributed by atoms with Crippen LogP contribution in [0.25, 0.3) is 0 Å². The molecule has 0 aromatic rings. The van der Waals surface area contributed by atoms with Crippen molar-refractivity contribution in [3.63, 3.8) is 0 Å². The molecule has 2 N–H and O–H groups in total. The van der Waals surface area contributed by atoms with Crippen LogP contribution in [0.2, 0.25) is 0 Å². The van der Waals surface area contributed by atoms with Crippen molar-refractivity contribution in [2.75, 3.05) is 59.6 Å². The number of β-amino-alcohol motifs (C(OH)–C–C–N with tert-alkyl or cyclic N) is 1. The van der Waals surface area contributed by atoms with E-state index in [4.69, 9.17) is 9.47 Å². The predicted octanol–water partition coefficient (Wildman–Crippen LogP) is 1.74. The van der Waals surface area contributed by atoms with Crippen molar-refractivity contribution in [3.05, 3.63) is 0 Å². The van der Waals surface area contributed by atoms with Crippen molar-refractivity contribution in [1.82, 2.24) is 9.80 Å². The van der Waals surface area contributed by atoms with Gasteiger partial charge in [0.2, 0.25) is 0 Å². The lowest BCUT2D eigenvalue weighted by atomic mass is 9.76. The Hall–Kier alpha value is -0.680. The number of methoxy groups -OCH3 is 1. The summed E-state index contributed by atoms with van der Waals surface area (Å²) in [6, 6.07) is 0. The van der Waals surface area contributed by atoms with Gasteiger partial charge in [0, 0.05) is 52.7 Å². The maximum absolute atomic E-state index is 10.4. The molecule has 0 radical (unpaired) electrons. The molecule has 0 bridgehead atoms. The average Bonchev–Trinajstić information content (AvgIpc) is 2.70. The van der Waals surface area contributed by atoms with Gasteiger partial charge in [-0.15, -0.1) is 0 Å². The monoisotopic (exact) mass is 398 g/mol. The quantitative estimate of drug-likeness (QED) is 0.704. The van der Waals surface area contributed by atoms with Gasteiger partial charge in [0.05, 0.1) is 30.5 Å². The molecular formula is C22H42N2O4. The highest BCUT2D eigenvalue weighted by Crippen LogP contribution is 2.35. The Bertz CT molecular complexity index is 475. The number of likely N-dealkylation sites (tertiary alicyclic amines) is 1. The molecule has 0 atom stereocenters. The molecule has 0 amide bonds. The second-order valence-corrected chi connectivity index (χ2v) is 7.59. The van der Waals surface area contributed by atoms with E-state index in [0.717, 1.165) is 52.2 Å². The summed E-state index contributed by atoms with van der Waals surface area (Å²) in [4.78, 5) is 4.69. The van der Waals surface area contributed by atoms with Gasteiger partial charge in [0.15, 0.2) is 0 Å². The molecule has 2 saturated heterocycles. The first kappa shape index (κ1) is 25.4. The molecule has 0 aromatic heterocycles. The number of nitrogens with zero attached hydrogens (tertiary/aromatic N) is 2. The van der Waals surface area contributed by atoms with Crippen LogP contribution in [0.3, 0.4) is 0 Å². The zero-order chi connectivity index (χ0) is 21.0. The molecule has 1 spiro atoms. The molecule has 2 aliphatic heterocycles. The van der Waals surface area contributed by atoms with E-state index < -0.39 is 5.60 Å². The summed E-state index contributed by atoms with van der Waals surface area (Å²) in [7, 11) is 1.66. The van der Waals surface area contributed by atoms with Crippen molar-refractivity contribution in [3.8, 4) is 11.8 Å². The molecule has 1 aliphatic carbocycles. The fourth-order valence-corrected chi connectivity index (χ4v) is 4.13. The van der Waals surface area contributed by atoms with Crippen LogP contribution in [-0.4, -0.2) is 96.9 Å². The minimum absolute atomic E-state index is 0.0561. The smallest absolute Gasteiger partial charge is 0.107 e. The Kier molecular flexibility index (Phi) is 11.6. The maximum atomic E-state index is 10.4. The minimum atomic E-state index is -0.680. The molecule has 1 saturated carbocycles. The summed E-state index contributed by atoms with van der Waals surface area (Å²) in [6.45, 7) is 14.5. The predicted molar refractivity (Wildman–Crippen MR) is 113 cm³/mol. The highest BCUT2D eigenvalue weighted by atomic mass is 16.5. The lowest BCUT2D eigenvalue weighted by molar-refractivity contribution is -0.155. The molecule has 0 aromatic carbocycles. The summed E-state index contributed by atoms with van der Waals surface area (Å²) in [6.07, 6.45) is 2.69. The molecule has 6 nitrogen and oxygen atoms in total. The van der Waals surface area contributed by atoms with Crippen LogP contribution in [0.15, 0.2) is 0 Å². The highest BCUT2D eigenvalue weighted by Gasteiger charge is 2.45. The first-order valence-corrected chi connectivity index (χ1v) is 11.0. The van der Waals surface area contributed by atoms with Crippen molar-refractivity contribution in [2.24, 2.45) is 0 Å². The van der Waals surface area contributed by atoms with Gasteiger partial charge in [0.1, 0.15) is 6.61 Å².